The van der Waals surface area contributed by atoms with Crippen LogP contribution in [-0.2, 0) is 11.2 Å². The molecule has 3 N–H and O–H groups in total. The van der Waals surface area contributed by atoms with Crippen molar-refractivity contribution in [3.05, 3.63) is 29.8 Å². The summed E-state index contributed by atoms with van der Waals surface area (Å²) >= 11 is 0. The van der Waals surface area contributed by atoms with Gasteiger partial charge in [-0.1, -0.05) is 19.1 Å². The van der Waals surface area contributed by atoms with Gasteiger partial charge in [0.25, 0.3) is 0 Å². The molecule has 0 bridgehead atoms. The van der Waals surface area contributed by atoms with Crippen LogP contribution in [0.3, 0.4) is 0 Å². The summed E-state index contributed by atoms with van der Waals surface area (Å²) in [5.74, 6) is 0.0702. The summed E-state index contributed by atoms with van der Waals surface area (Å²) in [7, 11) is 1.67. The van der Waals surface area contributed by atoms with Crippen molar-refractivity contribution in [2.75, 3.05) is 32.4 Å². The summed E-state index contributed by atoms with van der Waals surface area (Å²) in [6.45, 7) is 4.37. The van der Waals surface area contributed by atoms with Crippen molar-refractivity contribution >= 4 is 11.6 Å². The maximum Gasteiger partial charge on any atom is 0.233 e. The van der Waals surface area contributed by atoms with Crippen molar-refractivity contribution in [2.45, 2.75) is 19.8 Å². The predicted octanol–water partition coefficient (Wildman–Crippen LogP) is 1.27. The van der Waals surface area contributed by atoms with Crippen LogP contribution in [-0.4, -0.2) is 37.5 Å². The van der Waals surface area contributed by atoms with E-state index in [4.69, 9.17) is 5.73 Å². The van der Waals surface area contributed by atoms with Crippen LogP contribution < -0.4 is 11.1 Å². The fourth-order valence-corrected chi connectivity index (χ4v) is 1.89. The summed E-state index contributed by atoms with van der Waals surface area (Å²) in [5.41, 5.74) is 7.80. The number of nitrogen functional groups attached to an aromatic ring is 1. The average Bonchev–Trinajstić information content (AvgIpc) is 2.37. The highest BCUT2D eigenvalue weighted by atomic mass is 16.1. The number of carbonyl (C=O) groups is 1. The summed E-state index contributed by atoms with van der Waals surface area (Å²) in [5, 5.41) is 2.65. The molecule has 0 aliphatic heterocycles. The topological polar surface area (TPSA) is 58.4 Å². The Balaban J connectivity index is 2.33. The number of nitrogens with one attached hydrogen (secondary N) is 1. The van der Waals surface area contributed by atoms with Gasteiger partial charge in [0, 0.05) is 12.7 Å². The second-order valence-corrected chi connectivity index (χ2v) is 4.39. The number of nitrogens with two attached hydrogens (primary N) is 1. The zero-order valence-corrected chi connectivity index (χ0v) is 11.3. The molecular weight excluding hydrogens is 226 g/mol. The normalized spacial score (nSPS) is 10.6. The van der Waals surface area contributed by atoms with Gasteiger partial charge in [-0.2, -0.15) is 0 Å². The standard InChI is InChI=1S/C14H23N3O/c1-3-17(11-14(18)16-2)9-5-7-12-6-4-8-13(15)10-12/h4,6,8,10H,3,5,7,9,11,15H2,1-2H3,(H,16,18). The molecule has 0 saturated heterocycles. The van der Waals surface area contributed by atoms with Crippen LogP contribution in [0, 0.1) is 0 Å². The Morgan fingerprint density at radius 1 is 1.44 bits per heavy atom. The Morgan fingerprint density at radius 3 is 2.83 bits per heavy atom. The minimum absolute atomic E-state index is 0.0702. The van der Waals surface area contributed by atoms with Gasteiger partial charge in [-0.25, -0.2) is 0 Å². The fraction of sp³-hybridized carbons (Fsp3) is 0.500. The molecule has 0 aliphatic carbocycles. The molecule has 0 radical (unpaired) electrons. The van der Waals surface area contributed by atoms with E-state index < -0.39 is 0 Å². The molecule has 0 aliphatic rings. The van der Waals surface area contributed by atoms with Gasteiger partial charge in [-0.3, -0.25) is 9.69 Å². The first-order valence-electron chi connectivity index (χ1n) is 6.43. The number of aryl methyl sites for hydroxylation is 1. The molecule has 0 unspecified atom stereocenters. The number of hydrogen-bond donors (Lipinski definition) is 2. The van der Waals surface area contributed by atoms with Gasteiger partial charge in [0.05, 0.1) is 6.54 Å². The molecule has 1 amide bonds. The van der Waals surface area contributed by atoms with E-state index in [1.54, 1.807) is 7.05 Å². The van der Waals surface area contributed by atoms with Gasteiger partial charge >= 0.3 is 0 Å². The van der Waals surface area contributed by atoms with Crippen LogP contribution in [0.2, 0.25) is 0 Å². The molecule has 18 heavy (non-hydrogen) atoms. The maximum atomic E-state index is 11.3. The van der Waals surface area contributed by atoms with E-state index in [0.29, 0.717) is 6.54 Å². The van der Waals surface area contributed by atoms with Gasteiger partial charge in [-0.15, -0.1) is 0 Å². The number of nitrogens with zero attached hydrogens (tertiary/aromatic N) is 1. The molecule has 0 saturated carbocycles. The largest absolute Gasteiger partial charge is 0.399 e. The van der Waals surface area contributed by atoms with E-state index in [0.717, 1.165) is 31.6 Å². The molecule has 100 valence electrons. The van der Waals surface area contributed by atoms with E-state index in [1.165, 1.54) is 5.56 Å². The first-order valence-corrected chi connectivity index (χ1v) is 6.43. The van der Waals surface area contributed by atoms with Gasteiger partial charge in [0.15, 0.2) is 0 Å². The predicted molar refractivity (Wildman–Crippen MR) is 75.4 cm³/mol. The third kappa shape index (κ3) is 5.19. The summed E-state index contributed by atoms with van der Waals surface area (Å²) in [6.07, 6.45) is 2.03. The Morgan fingerprint density at radius 2 is 2.22 bits per heavy atom. The molecule has 0 fully saturated rings. The van der Waals surface area contributed by atoms with Crippen LogP contribution >= 0.6 is 0 Å². The van der Waals surface area contributed by atoms with E-state index in [2.05, 4.69) is 23.2 Å². The lowest BCUT2D eigenvalue weighted by Crippen LogP contribution is -2.36. The molecule has 1 aromatic rings. The summed E-state index contributed by atoms with van der Waals surface area (Å²) in [6, 6.07) is 7.97. The highest BCUT2D eigenvalue weighted by Crippen LogP contribution is 2.09. The molecule has 0 spiro atoms. The number of rotatable bonds is 7. The van der Waals surface area contributed by atoms with Crippen molar-refractivity contribution < 1.29 is 4.79 Å². The highest BCUT2D eigenvalue weighted by molar-refractivity contribution is 5.77. The lowest BCUT2D eigenvalue weighted by Gasteiger charge is -2.19. The Bertz CT molecular complexity index is 379. The lowest BCUT2D eigenvalue weighted by atomic mass is 10.1. The van der Waals surface area contributed by atoms with Gasteiger partial charge in [0.1, 0.15) is 0 Å². The third-order valence-electron chi connectivity index (χ3n) is 2.98. The lowest BCUT2D eigenvalue weighted by molar-refractivity contribution is -0.121. The fourth-order valence-electron chi connectivity index (χ4n) is 1.89. The van der Waals surface area contributed by atoms with Gasteiger partial charge in [0.2, 0.25) is 5.91 Å². The van der Waals surface area contributed by atoms with Crippen molar-refractivity contribution in [3.63, 3.8) is 0 Å². The van der Waals surface area contributed by atoms with E-state index in [-0.39, 0.29) is 5.91 Å². The quantitative estimate of drug-likeness (QED) is 0.715. The molecule has 0 heterocycles. The molecule has 0 atom stereocenters. The zero-order chi connectivity index (χ0) is 13.4. The number of amides is 1. The molecular formula is C14H23N3O. The van der Waals surface area contributed by atoms with Crippen LogP contribution in [0.4, 0.5) is 5.69 Å². The van der Waals surface area contributed by atoms with Crippen LogP contribution in [0.5, 0.6) is 0 Å². The molecule has 1 aromatic carbocycles. The third-order valence-corrected chi connectivity index (χ3v) is 2.98. The van der Waals surface area contributed by atoms with Crippen LogP contribution in [0.15, 0.2) is 24.3 Å². The van der Waals surface area contributed by atoms with Crippen molar-refractivity contribution in [3.8, 4) is 0 Å². The Labute approximate surface area is 109 Å². The maximum absolute atomic E-state index is 11.3. The monoisotopic (exact) mass is 249 g/mol. The van der Waals surface area contributed by atoms with Crippen LogP contribution in [0.25, 0.3) is 0 Å². The first-order chi connectivity index (χ1) is 8.65. The van der Waals surface area contributed by atoms with Gasteiger partial charge in [-0.05, 0) is 43.6 Å². The number of carbonyl (C=O) groups excluding carboxylic acids is 1. The molecule has 4 heteroatoms. The van der Waals surface area contributed by atoms with Crippen molar-refractivity contribution in [1.29, 1.82) is 0 Å². The molecule has 0 aromatic heterocycles. The summed E-state index contributed by atoms with van der Waals surface area (Å²) < 4.78 is 0. The van der Waals surface area contributed by atoms with Crippen molar-refractivity contribution in [1.82, 2.24) is 10.2 Å². The number of anilines is 1. The summed E-state index contributed by atoms with van der Waals surface area (Å²) in [4.78, 5) is 13.4. The molecule has 1 rings (SSSR count). The van der Waals surface area contributed by atoms with Gasteiger partial charge < -0.3 is 11.1 Å². The van der Waals surface area contributed by atoms with E-state index in [9.17, 15) is 4.79 Å². The first kappa shape index (κ1) is 14.5. The minimum atomic E-state index is 0.0702. The molecule has 4 nitrogen and oxygen atoms in total. The van der Waals surface area contributed by atoms with Crippen LogP contribution in [0.1, 0.15) is 18.9 Å². The zero-order valence-electron chi connectivity index (χ0n) is 11.3. The smallest absolute Gasteiger partial charge is 0.233 e. The second-order valence-electron chi connectivity index (χ2n) is 4.39. The SMILES string of the molecule is CCN(CCCc1cccc(N)c1)CC(=O)NC. The second kappa shape index (κ2) is 7.71. The van der Waals surface area contributed by atoms with E-state index in [1.807, 2.05) is 18.2 Å². The number of hydrogen-bond acceptors (Lipinski definition) is 3. The minimum Gasteiger partial charge on any atom is -0.399 e. The van der Waals surface area contributed by atoms with Crippen molar-refractivity contribution in [2.24, 2.45) is 0 Å². The Hall–Kier alpha value is -1.55. The highest BCUT2D eigenvalue weighted by Gasteiger charge is 2.06. The number of likely N-dealkylation sites (N-methyl/N-ethyl adjacent to an activating group) is 2. The average molecular weight is 249 g/mol. The van der Waals surface area contributed by atoms with E-state index >= 15 is 0 Å². The Kier molecular flexibility index (Phi) is 6.22. The number of benzene rings is 1.